The van der Waals surface area contributed by atoms with Crippen molar-refractivity contribution in [1.29, 1.82) is 0 Å². The summed E-state index contributed by atoms with van der Waals surface area (Å²) in [6.45, 7) is -0.278. The lowest BCUT2D eigenvalue weighted by atomic mass is 10.1. The van der Waals surface area contributed by atoms with E-state index in [4.69, 9.17) is 9.88 Å². The minimum atomic E-state index is -4.01. The Balaban J connectivity index is 1.51. The van der Waals surface area contributed by atoms with E-state index in [2.05, 4.69) is 20.3 Å². The monoisotopic (exact) mass is 481 g/mol. The van der Waals surface area contributed by atoms with Crippen LogP contribution in [0.2, 0.25) is 0 Å². The van der Waals surface area contributed by atoms with Crippen LogP contribution >= 0.6 is 0 Å². The van der Waals surface area contributed by atoms with E-state index in [1.165, 1.54) is 29.4 Å². The summed E-state index contributed by atoms with van der Waals surface area (Å²) in [7, 11) is -4.01. The molecular weight excluding hydrogens is 458 g/mol. The molecule has 1 aliphatic heterocycles. The third-order valence-corrected chi connectivity index (χ3v) is 5.74. The zero-order valence-corrected chi connectivity index (χ0v) is 17.9. The van der Waals surface area contributed by atoms with E-state index in [1.807, 2.05) is 4.72 Å². The number of nitrogens with one attached hydrogen (secondary N) is 2. The van der Waals surface area contributed by atoms with Crippen LogP contribution in [0.5, 0.6) is 5.75 Å². The number of nitrogens with zero attached hydrogens (tertiary/aromatic N) is 4. The highest BCUT2D eigenvalue weighted by molar-refractivity contribution is 7.87. The molecule has 5 atom stereocenters. The summed E-state index contributed by atoms with van der Waals surface area (Å²) in [5.41, 5.74) is 1.10. The molecule has 0 bridgehead atoms. The van der Waals surface area contributed by atoms with Crippen LogP contribution in [0.3, 0.4) is 0 Å². The zero-order valence-electron chi connectivity index (χ0n) is 17.1. The summed E-state index contributed by atoms with van der Waals surface area (Å²) in [6.07, 6.45) is -3.29. The van der Waals surface area contributed by atoms with Gasteiger partial charge in [0.15, 0.2) is 23.2 Å². The van der Waals surface area contributed by atoms with Crippen molar-refractivity contribution in [3.8, 4) is 5.75 Å². The molecule has 0 amide bonds. The van der Waals surface area contributed by atoms with E-state index >= 15 is 0 Å². The third-order valence-electron chi connectivity index (χ3n) is 5.17. The highest BCUT2D eigenvalue weighted by Gasteiger charge is 2.44. The average Bonchev–Trinajstić information content (AvgIpc) is 3.31. The fourth-order valence-corrected chi connectivity index (χ4v) is 3.93. The summed E-state index contributed by atoms with van der Waals surface area (Å²) < 4.78 is 31.3. The number of aliphatic hydroxyl groups excluding tert-OH is 3. The molecule has 0 aliphatic carbocycles. The van der Waals surface area contributed by atoms with Gasteiger partial charge in [-0.25, -0.2) is 20.1 Å². The normalized spacial score (nSPS) is 24.2. The van der Waals surface area contributed by atoms with Crippen LogP contribution < -0.4 is 15.2 Å². The van der Waals surface area contributed by atoms with E-state index in [-0.39, 0.29) is 24.5 Å². The number of fused-ring (bicyclic) bond motifs is 1. The summed E-state index contributed by atoms with van der Waals surface area (Å²) in [5.74, 6) is 0.336. The second-order valence-electron chi connectivity index (χ2n) is 7.48. The van der Waals surface area contributed by atoms with Gasteiger partial charge in [-0.1, -0.05) is 12.1 Å². The van der Waals surface area contributed by atoms with E-state index in [0.29, 0.717) is 16.9 Å². The average molecular weight is 481 g/mol. The molecular formula is C18H23N7O7S. The predicted molar refractivity (Wildman–Crippen MR) is 114 cm³/mol. The van der Waals surface area contributed by atoms with Crippen molar-refractivity contribution in [2.45, 2.75) is 30.6 Å². The molecule has 4 rings (SSSR count). The standard InChI is InChI=1S/C18H23N7O7S/c19-33(30,31)24-6-12-14(28)15(29)18(32-12)25-8-23-13-16(21-7-22-17(13)25)20-5-11(27)9-2-1-3-10(26)4-9/h1-4,7-8,11-12,14-15,18,24,26-29H,5-6H2,(H2,19,30,31)(H,20,21,22)/t11-,12+,14+,15+,18+/m0/s1. The summed E-state index contributed by atoms with van der Waals surface area (Å²) in [5, 5.41) is 48.5. The zero-order chi connectivity index (χ0) is 23.8. The molecule has 1 saturated heterocycles. The van der Waals surface area contributed by atoms with Crippen LogP contribution in [-0.2, 0) is 14.9 Å². The number of nitrogens with two attached hydrogens (primary N) is 1. The molecule has 2 aromatic heterocycles. The van der Waals surface area contributed by atoms with Gasteiger partial charge in [0.05, 0.1) is 12.4 Å². The number of hydrogen-bond donors (Lipinski definition) is 7. The Hall–Kier alpha value is -2.92. The molecule has 15 heteroatoms. The third kappa shape index (κ3) is 5.03. The van der Waals surface area contributed by atoms with Gasteiger partial charge in [0.25, 0.3) is 10.2 Å². The van der Waals surface area contributed by atoms with Gasteiger partial charge < -0.3 is 30.5 Å². The molecule has 8 N–H and O–H groups in total. The molecule has 1 aliphatic rings. The predicted octanol–water partition coefficient (Wildman–Crippen LogP) is -1.91. The van der Waals surface area contributed by atoms with Crippen molar-refractivity contribution >= 4 is 27.2 Å². The van der Waals surface area contributed by atoms with E-state index in [1.54, 1.807) is 12.1 Å². The first-order valence-electron chi connectivity index (χ1n) is 9.81. The molecule has 0 spiro atoms. The minimum absolute atomic E-state index is 0.0320. The van der Waals surface area contributed by atoms with Crippen molar-refractivity contribution in [1.82, 2.24) is 24.2 Å². The maximum atomic E-state index is 11.1. The van der Waals surface area contributed by atoms with Crippen molar-refractivity contribution in [3.63, 3.8) is 0 Å². The Morgan fingerprint density at radius 3 is 2.73 bits per heavy atom. The van der Waals surface area contributed by atoms with E-state index in [0.717, 1.165) is 0 Å². The summed E-state index contributed by atoms with van der Waals surface area (Å²) in [6, 6.07) is 6.23. The van der Waals surface area contributed by atoms with Crippen molar-refractivity contribution in [3.05, 3.63) is 42.5 Å². The topological polar surface area (TPSA) is 218 Å². The number of hydrogen-bond acceptors (Lipinski definition) is 11. The van der Waals surface area contributed by atoms with Gasteiger partial charge >= 0.3 is 0 Å². The number of ether oxygens (including phenoxy) is 1. The Labute approximate surface area is 187 Å². The van der Waals surface area contributed by atoms with Crippen LogP contribution in [0.25, 0.3) is 11.2 Å². The van der Waals surface area contributed by atoms with Gasteiger partial charge in [-0.05, 0) is 17.7 Å². The summed E-state index contributed by atoms with van der Waals surface area (Å²) >= 11 is 0. The number of rotatable bonds is 8. The van der Waals surface area contributed by atoms with Gasteiger partial charge in [0.1, 0.15) is 30.4 Å². The second-order valence-corrected chi connectivity index (χ2v) is 8.86. The number of anilines is 1. The quantitative estimate of drug-likeness (QED) is 0.188. The van der Waals surface area contributed by atoms with Gasteiger partial charge in [0, 0.05) is 13.1 Å². The fraction of sp³-hybridized carbons (Fsp3) is 0.389. The van der Waals surface area contributed by atoms with Crippen LogP contribution in [0.4, 0.5) is 5.82 Å². The highest BCUT2D eigenvalue weighted by atomic mass is 32.2. The minimum Gasteiger partial charge on any atom is -0.508 e. The maximum Gasteiger partial charge on any atom is 0.274 e. The first kappa shape index (κ1) is 23.2. The number of aromatic hydroxyl groups is 1. The van der Waals surface area contributed by atoms with Gasteiger partial charge in [-0.3, -0.25) is 4.57 Å². The SMILES string of the molecule is NS(=O)(=O)NC[C@H]1O[C@@H](n2cnc3c(NC[C@H](O)c4cccc(O)c4)ncnc32)[C@H](O)[C@@H]1O. The smallest absolute Gasteiger partial charge is 0.274 e. The van der Waals surface area contributed by atoms with Gasteiger partial charge in [-0.2, -0.15) is 13.1 Å². The lowest BCUT2D eigenvalue weighted by molar-refractivity contribution is -0.0330. The molecule has 14 nitrogen and oxygen atoms in total. The number of imidazole rings is 1. The van der Waals surface area contributed by atoms with Crippen molar-refractivity contribution in [2.75, 3.05) is 18.4 Å². The number of phenols is 1. The molecule has 3 heterocycles. The summed E-state index contributed by atoms with van der Waals surface area (Å²) in [4.78, 5) is 12.5. The van der Waals surface area contributed by atoms with Gasteiger partial charge in [0.2, 0.25) is 0 Å². The Kier molecular flexibility index (Phi) is 6.44. The van der Waals surface area contributed by atoms with Crippen molar-refractivity contribution < 1.29 is 33.6 Å². The molecule has 1 fully saturated rings. The molecule has 0 radical (unpaired) electrons. The van der Waals surface area contributed by atoms with Crippen LogP contribution in [0, 0.1) is 0 Å². The molecule has 178 valence electrons. The molecule has 0 unspecified atom stereocenters. The number of aliphatic hydroxyl groups is 3. The lowest BCUT2D eigenvalue weighted by Gasteiger charge is -2.17. The Morgan fingerprint density at radius 1 is 1.21 bits per heavy atom. The van der Waals surface area contributed by atoms with E-state index < -0.39 is 40.9 Å². The molecule has 33 heavy (non-hydrogen) atoms. The largest absolute Gasteiger partial charge is 0.508 e. The van der Waals surface area contributed by atoms with Gasteiger partial charge in [-0.15, -0.1) is 0 Å². The van der Waals surface area contributed by atoms with Crippen LogP contribution in [-0.4, -0.2) is 79.8 Å². The first-order valence-corrected chi connectivity index (χ1v) is 11.4. The van der Waals surface area contributed by atoms with Crippen molar-refractivity contribution in [2.24, 2.45) is 5.14 Å². The Bertz CT molecular complexity index is 1240. The Morgan fingerprint density at radius 2 is 2.00 bits per heavy atom. The van der Waals surface area contributed by atoms with Crippen LogP contribution in [0.15, 0.2) is 36.9 Å². The molecule has 3 aromatic rings. The van der Waals surface area contributed by atoms with Crippen LogP contribution in [0.1, 0.15) is 17.9 Å². The van der Waals surface area contributed by atoms with E-state index in [9.17, 15) is 28.8 Å². The lowest BCUT2D eigenvalue weighted by Crippen LogP contribution is -2.42. The number of benzene rings is 1. The maximum absolute atomic E-state index is 11.1. The molecule has 0 saturated carbocycles. The highest BCUT2D eigenvalue weighted by Crippen LogP contribution is 2.32. The first-order chi connectivity index (χ1) is 15.6. The fourth-order valence-electron chi connectivity index (χ4n) is 3.54. The molecule has 1 aromatic carbocycles. The number of aromatic nitrogens is 4. The second kappa shape index (κ2) is 9.14. The number of phenolic OH excluding ortho intramolecular Hbond substituents is 1.